The Morgan fingerprint density at radius 3 is 2.55 bits per heavy atom. The van der Waals surface area contributed by atoms with E-state index in [-0.39, 0.29) is 23.1 Å². The Morgan fingerprint density at radius 1 is 1.23 bits per heavy atom. The first kappa shape index (κ1) is 14.2. The minimum absolute atomic E-state index is 0.0764. The Bertz CT molecular complexity index is 707. The molecule has 2 aromatic rings. The lowest BCUT2D eigenvalue weighted by molar-refractivity contribution is -0.385. The molecular weight excluding hydrogens is 286 g/mol. The van der Waals surface area contributed by atoms with Crippen LogP contribution in [0.15, 0.2) is 48.5 Å². The topological polar surface area (TPSA) is 82.0 Å². The predicted molar refractivity (Wildman–Crippen MR) is 78.2 cm³/mol. The molecule has 6 heteroatoms. The van der Waals surface area contributed by atoms with Crippen molar-refractivity contribution in [2.45, 2.75) is 6.10 Å². The highest BCUT2D eigenvalue weighted by atomic mass is 16.6. The standard InChI is InChI=1S/C16H13NO5/c18-16(14-3-1-2-4-15(14)17(19)20)11-5-7-12(8-6-11)21-9-13-10-22-13/h1-8,13H,9-10H2. The van der Waals surface area contributed by atoms with Crippen LogP contribution in [0.4, 0.5) is 5.69 Å². The molecule has 112 valence electrons. The van der Waals surface area contributed by atoms with Gasteiger partial charge >= 0.3 is 0 Å². The molecule has 6 nitrogen and oxygen atoms in total. The van der Waals surface area contributed by atoms with E-state index in [1.165, 1.54) is 18.2 Å². The Morgan fingerprint density at radius 2 is 1.91 bits per heavy atom. The molecule has 0 bridgehead atoms. The number of epoxide rings is 1. The first-order valence-electron chi connectivity index (χ1n) is 6.78. The van der Waals surface area contributed by atoms with Gasteiger partial charge in [0.05, 0.1) is 11.5 Å². The summed E-state index contributed by atoms with van der Waals surface area (Å²) in [5.74, 6) is 0.249. The Kier molecular flexibility index (Phi) is 3.84. The Hall–Kier alpha value is -2.73. The quantitative estimate of drug-likeness (QED) is 0.354. The van der Waals surface area contributed by atoms with Gasteiger partial charge in [-0.3, -0.25) is 14.9 Å². The lowest BCUT2D eigenvalue weighted by Gasteiger charge is -2.06. The van der Waals surface area contributed by atoms with Crippen LogP contribution < -0.4 is 4.74 Å². The van der Waals surface area contributed by atoms with Crippen molar-refractivity contribution < 1.29 is 19.2 Å². The van der Waals surface area contributed by atoms with Gasteiger partial charge in [0.1, 0.15) is 24.0 Å². The second-order valence-electron chi connectivity index (χ2n) is 4.89. The maximum Gasteiger partial charge on any atom is 0.280 e. The van der Waals surface area contributed by atoms with E-state index in [2.05, 4.69) is 0 Å². The van der Waals surface area contributed by atoms with Crippen molar-refractivity contribution in [3.8, 4) is 5.75 Å². The maximum atomic E-state index is 12.4. The summed E-state index contributed by atoms with van der Waals surface area (Å²) in [5.41, 5.74) is 0.260. The number of para-hydroxylation sites is 1. The van der Waals surface area contributed by atoms with E-state index in [9.17, 15) is 14.9 Å². The van der Waals surface area contributed by atoms with Gasteiger partial charge < -0.3 is 9.47 Å². The number of hydrogen-bond acceptors (Lipinski definition) is 5. The fourth-order valence-corrected chi connectivity index (χ4v) is 2.04. The van der Waals surface area contributed by atoms with Crippen LogP contribution in [0, 0.1) is 10.1 Å². The molecule has 0 aliphatic carbocycles. The molecule has 1 atom stereocenters. The van der Waals surface area contributed by atoms with Gasteiger partial charge in [-0.05, 0) is 30.3 Å². The van der Waals surface area contributed by atoms with Crippen LogP contribution in [0.25, 0.3) is 0 Å². The molecule has 0 spiro atoms. The van der Waals surface area contributed by atoms with Crippen molar-refractivity contribution in [2.75, 3.05) is 13.2 Å². The lowest BCUT2D eigenvalue weighted by atomic mass is 10.0. The summed E-state index contributed by atoms with van der Waals surface area (Å²) < 4.78 is 10.5. The zero-order valence-electron chi connectivity index (χ0n) is 11.6. The van der Waals surface area contributed by atoms with Gasteiger partial charge in [-0.2, -0.15) is 0 Å². The number of nitro groups is 1. The minimum Gasteiger partial charge on any atom is -0.491 e. The van der Waals surface area contributed by atoms with Gasteiger partial charge in [-0.15, -0.1) is 0 Å². The molecular formula is C16H13NO5. The number of carbonyl (C=O) groups excluding carboxylic acids is 1. The zero-order valence-corrected chi connectivity index (χ0v) is 11.6. The zero-order chi connectivity index (χ0) is 15.5. The summed E-state index contributed by atoms with van der Waals surface area (Å²) in [7, 11) is 0. The van der Waals surface area contributed by atoms with Gasteiger partial charge in [0.15, 0.2) is 5.78 Å². The fourth-order valence-electron chi connectivity index (χ4n) is 2.04. The molecule has 0 saturated carbocycles. The molecule has 0 aromatic heterocycles. The number of nitro benzene ring substituents is 1. The molecule has 2 aromatic carbocycles. The average molecular weight is 299 g/mol. The number of ether oxygens (including phenoxy) is 2. The monoisotopic (exact) mass is 299 g/mol. The second-order valence-corrected chi connectivity index (χ2v) is 4.89. The lowest BCUT2D eigenvalue weighted by Crippen LogP contribution is -2.06. The van der Waals surface area contributed by atoms with E-state index in [1.807, 2.05) is 0 Å². The van der Waals surface area contributed by atoms with E-state index < -0.39 is 4.92 Å². The second kappa shape index (κ2) is 5.95. The Labute approximate surface area is 126 Å². The Balaban J connectivity index is 1.78. The molecule has 0 N–H and O–H groups in total. The number of nitrogens with zero attached hydrogens (tertiary/aromatic N) is 1. The van der Waals surface area contributed by atoms with Crippen LogP contribution in [-0.4, -0.2) is 30.0 Å². The number of rotatable bonds is 6. The van der Waals surface area contributed by atoms with Crippen molar-refractivity contribution in [3.63, 3.8) is 0 Å². The van der Waals surface area contributed by atoms with Crippen molar-refractivity contribution in [2.24, 2.45) is 0 Å². The van der Waals surface area contributed by atoms with E-state index in [0.29, 0.717) is 24.5 Å². The molecule has 1 saturated heterocycles. The number of hydrogen-bond donors (Lipinski definition) is 0. The first-order chi connectivity index (χ1) is 10.6. The summed E-state index contributed by atoms with van der Waals surface area (Å²) in [5, 5.41) is 11.0. The molecule has 0 radical (unpaired) electrons. The normalized spacial score (nSPS) is 16.1. The van der Waals surface area contributed by atoms with E-state index in [1.54, 1.807) is 30.3 Å². The molecule has 1 unspecified atom stereocenters. The summed E-state index contributed by atoms with van der Waals surface area (Å²) in [6.45, 7) is 1.20. The number of benzene rings is 2. The molecule has 1 aliphatic heterocycles. The summed E-state index contributed by atoms with van der Waals surface area (Å²) in [4.78, 5) is 22.8. The van der Waals surface area contributed by atoms with Crippen LogP contribution in [0.2, 0.25) is 0 Å². The first-order valence-corrected chi connectivity index (χ1v) is 6.78. The van der Waals surface area contributed by atoms with Gasteiger partial charge in [0, 0.05) is 11.6 Å². The molecule has 1 fully saturated rings. The van der Waals surface area contributed by atoms with Crippen molar-refractivity contribution in [3.05, 3.63) is 69.8 Å². The van der Waals surface area contributed by atoms with E-state index in [4.69, 9.17) is 9.47 Å². The smallest absolute Gasteiger partial charge is 0.280 e. The van der Waals surface area contributed by atoms with E-state index >= 15 is 0 Å². The highest BCUT2D eigenvalue weighted by Gasteiger charge is 2.23. The highest BCUT2D eigenvalue weighted by Crippen LogP contribution is 2.23. The third-order valence-corrected chi connectivity index (χ3v) is 3.30. The molecule has 1 heterocycles. The molecule has 1 aliphatic rings. The molecule has 0 amide bonds. The number of carbonyl (C=O) groups is 1. The fraction of sp³-hybridized carbons (Fsp3) is 0.188. The van der Waals surface area contributed by atoms with Gasteiger partial charge in [0.25, 0.3) is 5.69 Å². The van der Waals surface area contributed by atoms with Crippen molar-refractivity contribution in [1.29, 1.82) is 0 Å². The maximum absolute atomic E-state index is 12.4. The van der Waals surface area contributed by atoms with Crippen LogP contribution >= 0.6 is 0 Å². The van der Waals surface area contributed by atoms with E-state index in [0.717, 1.165) is 0 Å². The minimum atomic E-state index is -0.555. The number of ketones is 1. The van der Waals surface area contributed by atoms with Crippen LogP contribution in [0.5, 0.6) is 5.75 Å². The van der Waals surface area contributed by atoms with Gasteiger partial charge in [-0.1, -0.05) is 12.1 Å². The van der Waals surface area contributed by atoms with Crippen LogP contribution in [0.1, 0.15) is 15.9 Å². The van der Waals surface area contributed by atoms with Crippen LogP contribution in [-0.2, 0) is 4.74 Å². The average Bonchev–Trinajstić information content (AvgIpc) is 3.37. The van der Waals surface area contributed by atoms with Gasteiger partial charge in [0.2, 0.25) is 0 Å². The third-order valence-electron chi connectivity index (χ3n) is 3.30. The SMILES string of the molecule is O=C(c1ccc(OCC2CO2)cc1)c1ccccc1[N+](=O)[O-]. The highest BCUT2D eigenvalue weighted by molar-refractivity contribution is 6.11. The predicted octanol–water partition coefficient (Wildman–Crippen LogP) is 2.60. The molecule has 3 rings (SSSR count). The largest absolute Gasteiger partial charge is 0.491 e. The summed E-state index contributed by atoms with van der Waals surface area (Å²) in [6, 6.07) is 12.5. The summed E-state index contributed by atoms with van der Waals surface area (Å²) >= 11 is 0. The molecule has 22 heavy (non-hydrogen) atoms. The summed E-state index contributed by atoms with van der Waals surface area (Å²) in [6.07, 6.45) is 0.160. The third kappa shape index (κ3) is 3.12. The van der Waals surface area contributed by atoms with Crippen LogP contribution in [0.3, 0.4) is 0 Å². The van der Waals surface area contributed by atoms with Crippen molar-refractivity contribution in [1.82, 2.24) is 0 Å². The van der Waals surface area contributed by atoms with Gasteiger partial charge in [-0.25, -0.2) is 0 Å². The van der Waals surface area contributed by atoms with Crippen molar-refractivity contribution >= 4 is 11.5 Å².